The second-order valence-electron chi connectivity index (χ2n) is 6.69. The number of rotatable bonds is 3. The molecule has 2 aliphatic carbocycles. The van der Waals surface area contributed by atoms with Crippen LogP contribution in [0, 0.1) is 11.8 Å². The Bertz CT molecular complexity index is 579. The first-order chi connectivity index (χ1) is 11.1. The fraction of sp³-hybridized carbons (Fsp3) is 0.588. The van der Waals surface area contributed by atoms with E-state index in [0.717, 1.165) is 25.7 Å². The maximum atomic E-state index is 12.5. The molecule has 0 radical (unpaired) electrons. The Morgan fingerprint density at radius 1 is 1.17 bits per heavy atom. The first kappa shape index (κ1) is 18.7. The van der Waals surface area contributed by atoms with E-state index in [1.165, 1.54) is 12.6 Å². The number of hydrogen-bond donors (Lipinski definition) is 3. The van der Waals surface area contributed by atoms with E-state index >= 15 is 0 Å². The van der Waals surface area contributed by atoms with Crippen molar-refractivity contribution in [2.24, 2.45) is 17.6 Å². The van der Waals surface area contributed by atoms with E-state index in [4.69, 9.17) is 5.73 Å². The van der Waals surface area contributed by atoms with Crippen molar-refractivity contribution >= 4 is 24.2 Å². The minimum Gasteiger partial charge on any atom is -0.354 e. The van der Waals surface area contributed by atoms with Gasteiger partial charge in [0.25, 0.3) is 11.8 Å². The van der Waals surface area contributed by atoms with Crippen molar-refractivity contribution < 1.29 is 9.59 Å². The van der Waals surface area contributed by atoms with Gasteiger partial charge in [0.1, 0.15) is 5.69 Å². The zero-order chi connectivity index (χ0) is 16.4. The quantitative estimate of drug-likeness (QED) is 0.767. The minimum absolute atomic E-state index is 0. The van der Waals surface area contributed by atoms with E-state index in [9.17, 15) is 9.59 Å². The van der Waals surface area contributed by atoms with Gasteiger partial charge in [0, 0.05) is 25.3 Å². The highest BCUT2D eigenvalue weighted by Gasteiger charge is 2.39. The van der Waals surface area contributed by atoms with Crippen LogP contribution >= 0.6 is 12.4 Å². The van der Waals surface area contributed by atoms with Crippen molar-refractivity contribution in [1.29, 1.82) is 0 Å². The molecule has 2 fully saturated rings. The van der Waals surface area contributed by atoms with E-state index < -0.39 is 0 Å². The molecule has 1 heterocycles. The second-order valence-corrected chi connectivity index (χ2v) is 6.69. The van der Waals surface area contributed by atoms with Crippen molar-refractivity contribution in [2.45, 2.75) is 44.2 Å². The van der Waals surface area contributed by atoms with E-state index in [2.05, 4.69) is 15.6 Å². The largest absolute Gasteiger partial charge is 0.354 e. The molecule has 2 aliphatic rings. The smallest absolute Gasteiger partial charge is 0.269 e. The van der Waals surface area contributed by atoms with Crippen LogP contribution in [0.2, 0.25) is 0 Å². The Balaban J connectivity index is 0.00000208. The highest BCUT2D eigenvalue weighted by molar-refractivity contribution is 5.96. The SMILES string of the molecule is CNC(=O)c1ccc(C(=O)NC2C3CCCC2CC(N)C3)cn1.Cl. The number of nitrogens with one attached hydrogen (secondary N) is 2. The van der Waals surface area contributed by atoms with E-state index in [1.807, 2.05) is 0 Å². The molecule has 2 bridgehead atoms. The molecular formula is C17H25ClN4O2. The van der Waals surface area contributed by atoms with Gasteiger partial charge in [-0.25, -0.2) is 0 Å². The number of carbonyl (C=O) groups is 2. The Hall–Kier alpha value is -1.66. The van der Waals surface area contributed by atoms with Gasteiger partial charge in [-0.15, -0.1) is 12.4 Å². The average Bonchev–Trinajstić information content (AvgIpc) is 2.55. The average molecular weight is 353 g/mol. The third-order valence-corrected chi connectivity index (χ3v) is 5.16. The fourth-order valence-electron chi connectivity index (χ4n) is 4.05. The molecule has 2 unspecified atom stereocenters. The number of nitrogens with two attached hydrogens (primary N) is 1. The molecule has 132 valence electrons. The number of carbonyl (C=O) groups excluding carboxylic acids is 2. The molecule has 0 aromatic carbocycles. The van der Waals surface area contributed by atoms with Crippen LogP contribution in [0.4, 0.5) is 0 Å². The second kappa shape index (κ2) is 7.94. The summed E-state index contributed by atoms with van der Waals surface area (Å²) in [6.45, 7) is 0. The summed E-state index contributed by atoms with van der Waals surface area (Å²) < 4.78 is 0. The van der Waals surface area contributed by atoms with Gasteiger partial charge in [0.15, 0.2) is 0 Å². The standard InChI is InChI=1S/C17H24N4O2.ClH/c1-19-17(23)14-6-5-12(9-20-14)16(22)21-15-10-3-2-4-11(15)8-13(18)7-10;/h5-6,9-11,13,15H,2-4,7-8,18H2,1H3,(H,19,23)(H,21,22);1H. The van der Waals surface area contributed by atoms with Gasteiger partial charge in [-0.05, 0) is 49.7 Å². The Morgan fingerprint density at radius 2 is 1.83 bits per heavy atom. The molecule has 1 aromatic rings. The molecular weight excluding hydrogens is 328 g/mol. The highest BCUT2D eigenvalue weighted by atomic mass is 35.5. The fourth-order valence-corrected chi connectivity index (χ4v) is 4.05. The minimum atomic E-state index is -0.257. The van der Waals surface area contributed by atoms with Gasteiger partial charge >= 0.3 is 0 Å². The zero-order valence-corrected chi connectivity index (χ0v) is 14.6. The summed E-state index contributed by atoms with van der Waals surface area (Å²) >= 11 is 0. The zero-order valence-electron chi connectivity index (χ0n) is 13.8. The predicted molar refractivity (Wildman–Crippen MR) is 94.2 cm³/mol. The van der Waals surface area contributed by atoms with Crippen molar-refractivity contribution in [3.63, 3.8) is 0 Å². The molecule has 24 heavy (non-hydrogen) atoms. The van der Waals surface area contributed by atoms with E-state index in [0.29, 0.717) is 23.1 Å². The van der Waals surface area contributed by atoms with Crippen LogP contribution in [-0.4, -0.2) is 35.9 Å². The molecule has 0 aliphatic heterocycles. The van der Waals surface area contributed by atoms with Crippen molar-refractivity contribution in [3.05, 3.63) is 29.6 Å². The van der Waals surface area contributed by atoms with Crippen LogP contribution in [0.5, 0.6) is 0 Å². The first-order valence-corrected chi connectivity index (χ1v) is 8.33. The Kier molecular flexibility index (Phi) is 6.18. The molecule has 4 N–H and O–H groups in total. The lowest BCUT2D eigenvalue weighted by atomic mass is 9.67. The van der Waals surface area contributed by atoms with Crippen molar-refractivity contribution in [1.82, 2.24) is 15.6 Å². The van der Waals surface area contributed by atoms with E-state index in [1.54, 1.807) is 19.2 Å². The summed E-state index contributed by atoms with van der Waals surface area (Å²) in [5, 5.41) is 5.70. The summed E-state index contributed by atoms with van der Waals surface area (Å²) in [5.41, 5.74) is 6.93. The van der Waals surface area contributed by atoms with Crippen LogP contribution < -0.4 is 16.4 Å². The third kappa shape index (κ3) is 3.87. The lowest BCUT2D eigenvalue weighted by Crippen LogP contribution is -2.53. The molecule has 0 saturated heterocycles. The first-order valence-electron chi connectivity index (χ1n) is 8.33. The number of nitrogens with zero attached hydrogens (tertiary/aromatic N) is 1. The van der Waals surface area contributed by atoms with Gasteiger partial charge in [-0.1, -0.05) is 6.42 Å². The summed E-state index contributed by atoms with van der Waals surface area (Å²) in [7, 11) is 1.55. The van der Waals surface area contributed by atoms with Crippen molar-refractivity contribution in [3.8, 4) is 0 Å². The highest BCUT2D eigenvalue weighted by Crippen LogP contribution is 2.39. The summed E-state index contributed by atoms with van der Waals surface area (Å²) in [6, 6.07) is 3.71. The summed E-state index contributed by atoms with van der Waals surface area (Å²) in [5.74, 6) is 0.602. The van der Waals surface area contributed by atoms with Gasteiger partial charge in [-0.3, -0.25) is 14.6 Å². The monoisotopic (exact) mass is 352 g/mol. The molecule has 1 aromatic heterocycles. The molecule has 2 amide bonds. The Morgan fingerprint density at radius 3 is 2.38 bits per heavy atom. The summed E-state index contributed by atoms with van der Waals surface area (Å²) in [4.78, 5) is 28.0. The van der Waals surface area contributed by atoms with Crippen LogP contribution in [-0.2, 0) is 0 Å². The maximum absolute atomic E-state index is 12.5. The molecule has 3 rings (SSSR count). The number of amides is 2. The summed E-state index contributed by atoms with van der Waals surface area (Å²) in [6.07, 6.45) is 6.97. The molecule has 0 spiro atoms. The third-order valence-electron chi connectivity index (χ3n) is 5.16. The number of fused-ring (bicyclic) bond motifs is 2. The number of hydrogen-bond acceptors (Lipinski definition) is 4. The van der Waals surface area contributed by atoms with Gasteiger partial charge < -0.3 is 16.4 Å². The molecule has 2 saturated carbocycles. The van der Waals surface area contributed by atoms with Crippen LogP contribution in [0.15, 0.2) is 18.3 Å². The van der Waals surface area contributed by atoms with Gasteiger partial charge in [-0.2, -0.15) is 0 Å². The van der Waals surface area contributed by atoms with Crippen LogP contribution in [0.1, 0.15) is 53.0 Å². The molecule has 2 atom stereocenters. The maximum Gasteiger partial charge on any atom is 0.269 e. The lowest BCUT2D eigenvalue weighted by Gasteiger charge is -2.45. The van der Waals surface area contributed by atoms with Crippen LogP contribution in [0.25, 0.3) is 0 Å². The normalized spacial score (nSPS) is 28.4. The lowest BCUT2D eigenvalue weighted by molar-refractivity contribution is 0.0755. The van der Waals surface area contributed by atoms with Crippen molar-refractivity contribution in [2.75, 3.05) is 7.05 Å². The predicted octanol–water partition coefficient (Wildman–Crippen LogP) is 1.50. The Labute approximate surface area is 148 Å². The number of halogens is 1. The van der Waals surface area contributed by atoms with Crippen LogP contribution in [0.3, 0.4) is 0 Å². The molecule has 6 nitrogen and oxygen atoms in total. The number of pyridine rings is 1. The number of aromatic nitrogens is 1. The topological polar surface area (TPSA) is 97.1 Å². The van der Waals surface area contributed by atoms with Gasteiger partial charge in [0.05, 0.1) is 5.56 Å². The molecule has 7 heteroatoms. The van der Waals surface area contributed by atoms with Gasteiger partial charge in [0.2, 0.25) is 0 Å². The van der Waals surface area contributed by atoms with E-state index in [-0.39, 0.29) is 36.3 Å².